The molecule has 0 spiro atoms. The fourth-order valence-electron chi connectivity index (χ4n) is 3.89. The standard InChI is InChI=1S/C25H30N2O6/c1-27(14-7-6-12-24(29)30)23(28)17-32-15-13-26-25(31)33-16-22-20-10-4-2-8-18(20)19-9-3-5-11-21(19)22/h2-5,8-11,22H,6-7,12-17H2,1H3,(H,26,31)(H,29,30). The average molecular weight is 455 g/mol. The minimum atomic E-state index is -0.837. The second-order valence-electron chi connectivity index (χ2n) is 7.97. The van der Waals surface area contributed by atoms with Crippen LogP contribution >= 0.6 is 0 Å². The van der Waals surface area contributed by atoms with Gasteiger partial charge in [0.05, 0.1) is 6.61 Å². The van der Waals surface area contributed by atoms with Crippen molar-refractivity contribution in [2.45, 2.75) is 25.2 Å². The number of carbonyl (C=O) groups is 3. The number of nitrogens with one attached hydrogen (secondary N) is 1. The number of carboxylic acids is 1. The largest absolute Gasteiger partial charge is 0.481 e. The van der Waals surface area contributed by atoms with Crippen molar-refractivity contribution in [1.82, 2.24) is 10.2 Å². The third-order valence-electron chi connectivity index (χ3n) is 5.64. The van der Waals surface area contributed by atoms with Gasteiger partial charge in [0.25, 0.3) is 0 Å². The molecule has 2 aromatic carbocycles. The predicted octanol–water partition coefficient (Wildman–Crippen LogP) is 3.26. The molecule has 1 aliphatic carbocycles. The van der Waals surface area contributed by atoms with Crippen molar-refractivity contribution in [3.8, 4) is 11.1 Å². The molecular formula is C25H30N2O6. The Hall–Kier alpha value is -3.39. The third kappa shape index (κ3) is 6.79. The molecule has 0 unspecified atom stereocenters. The van der Waals surface area contributed by atoms with E-state index in [1.54, 1.807) is 7.05 Å². The summed E-state index contributed by atoms with van der Waals surface area (Å²) in [6, 6.07) is 16.3. The molecule has 0 saturated carbocycles. The summed E-state index contributed by atoms with van der Waals surface area (Å²) < 4.78 is 10.8. The molecule has 0 saturated heterocycles. The van der Waals surface area contributed by atoms with E-state index in [2.05, 4.69) is 29.6 Å². The molecule has 33 heavy (non-hydrogen) atoms. The van der Waals surface area contributed by atoms with E-state index < -0.39 is 12.1 Å². The van der Waals surface area contributed by atoms with Crippen LogP contribution in [-0.2, 0) is 19.1 Å². The molecular weight excluding hydrogens is 424 g/mol. The number of fused-ring (bicyclic) bond motifs is 3. The lowest BCUT2D eigenvalue weighted by Crippen LogP contribution is -2.33. The number of ether oxygens (including phenoxy) is 2. The first-order valence-corrected chi connectivity index (χ1v) is 11.1. The summed E-state index contributed by atoms with van der Waals surface area (Å²) >= 11 is 0. The van der Waals surface area contributed by atoms with Gasteiger partial charge >= 0.3 is 12.1 Å². The van der Waals surface area contributed by atoms with Gasteiger partial charge < -0.3 is 24.8 Å². The molecule has 0 fully saturated rings. The monoisotopic (exact) mass is 454 g/mol. The Morgan fingerprint density at radius 3 is 2.27 bits per heavy atom. The summed E-state index contributed by atoms with van der Waals surface area (Å²) in [5.41, 5.74) is 4.65. The SMILES string of the molecule is CN(CCCCC(=O)O)C(=O)COCCNC(=O)OCC1c2ccccc2-c2ccccc21. The van der Waals surface area contributed by atoms with E-state index in [-0.39, 0.29) is 44.6 Å². The molecule has 0 aliphatic heterocycles. The Labute approximate surface area is 193 Å². The van der Waals surface area contributed by atoms with E-state index in [0.717, 1.165) is 11.1 Å². The third-order valence-corrected chi connectivity index (χ3v) is 5.64. The maximum absolute atomic E-state index is 12.1. The first-order chi connectivity index (χ1) is 16.0. The highest BCUT2D eigenvalue weighted by atomic mass is 16.5. The van der Waals surface area contributed by atoms with E-state index in [1.165, 1.54) is 16.0 Å². The van der Waals surface area contributed by atoms with Gasteiger partial charge in [-0.15, -0.1) is 0 Å². The number of amides is 2. The molecule has 176 valence electrons. The van der Waals surface area contributed by atoms with E-state index in [0.29, 0.717) is 19.4 Å². The summed E-state index contributed by atoms with van der Waals surface area (Å²) in [6.07, 6.45) is 0.720. The Balaban J connectivity index is 1.32. The number of alkyl carbamates (subject to hydrolysis) is 1. The molecule has 0 bridgehead atoms. The van der Waals surface area contributed by atoms with Crippen LogP contribution in [0.1, 0.15) is 36.3 Å². The quantitative estimate of drug-likeness (QED) is 0.477. The van der Waals surface area contributed by atoms with Gasteiger partial charge in [-0.2, -0.15) is 0 Å². The first-order valence-electron chi connectivity index (χ1n) is 11.1. The van der Waals surface area contributed by atoms with Gasteiger partial charge in [-0.1, -0.05) is 48.5 Å². The van der Waals surface area contributed by atoms with Crippen LogP contribution in [0.2, 0.25) is 0 Å². The summed E-state index contributed by atoms with van der Waals surface area (Å²) in [4.78, 5) is 36.1. The number of rotatable bonds is 12. The fourth-order valence-corrected chi connectivity index (χ4v) is 3.89. The Bertz CT molecular complexity index is 931. The number of hydrogen-bond acceptors (Lipinski definition) is 5. The van der Waals surface area contributed by atoms with Crippen LogP contribution in [0.4, 0.5) is 4.79 Å². The second kappa shape index (κ2) is 12.0. The summed E-state index contributed by atoms with van der Waals surface area (Å²) in [7, 11) is 1.65. The molecule has 1 aliphatic rings. The van der Waals surface area contributed by atoms with Crippen LogP contribution < -0.4 is 5.32 Å². The zero-order valence-corrected chi connectivity index (χ0v) is 18.8. The zero-order chi connectivity index (χ0) is 23.6. The van der Waals surface area contributed by atoms with Crippen molar-refractivity contribution in [2.24, 2.45) is 0 Å². The lowest BCUT2D eigenvalue weighted by atomic mass is 9.98. The number of carboxylic acid groups (broad SMARTS) is 1. The molecule has 8 heteroatoms. The number of unbranched alkanes of at least 4 members (excludes halogenated alkanes) is 1. The summed E-state index contributed by atoms with van der Waals surface area (Å²) in [6.45, 7) is 1.04. The van der Waals surface area contributed by atoms with Crippen molar-refractivity contribution in [3.63, 3.8) is 0 Å². The van der Waals surface area contributed by atoms with Gasteiger partial charge in [-0.3, -0.25) is 9.59 Å². The van der Waals surface area contributed by atoms with Gasteiger partial charge in [-0.05, 0) is 35.1 Å². The van der Waals surface area contributed by atoms with Crippen molar-refractivity contribution in [1.29, 1.82) is 0 Å². The second-order valence-corrected chi connectivity index (χ2v) is 7.97. The van der Waals surface area contributed by atoms with Gasteiger partial charge in [0.15, 0.2) is 0 Å². The maximum atomic E-state index is 12.1. The zero-order valence-electron chi connectivity index (χ0n) is 18.8. The lowest BCUT2D eigenvalue weighted by molar-refractivity contribution is -0.137. The number of carbonyl (C=O) groups excluding carboxylic acids is 2. The van der Waals surface area contributed by atoms with Crippen LogP contribution in [0.3, 0.4) is 0 Å². The summed E-state index contributed by atoms with van der Waals surface area (Å²) in [5.74, 6) is -1.02. The van der Waals surface area contributed by atoms with E-state index in [9.17, 15) is 14.4 Å². The van der Waals surface area contributed by atoms with Crippen LogP contribution in [0.5, 0.6) is 0 Å². The molecule has 2 N–H and O–H groups in total. The number of hydrogen-bond donors (Lipinski definition) is 2. The van der Waals surface area contributed by atoms with Gasteiger partial charge in [0.2, 0.25) is 5.91 Å². The van der Waals surface area contributed by atoms with Crippen molar-refractivity contribution in [3.05, 3.63) is 59.7 Å². The minimum absolute atomic E-state index is 0.00283. The van der Waals surface area contributed by atoms with E-state index in [1.807, 2.05) is 24.3 Å². The van der Waals surface area contributed by atoms with Crippen LogP contribution in [0.15, 0.2) is 48.5 Å². The number of benzene rings is 2. The van der Waals surface area contributed by atoms with Crippen LogP contribution in [0, 0.1) is 0 Å². The molecule has 0 aromatic heterocycles. The van der Waals surface area contributed by atoms with Crippen molar-refractivity contribution in [2.75, 3.05) is 40.0 Å². The van der Waals surface area contributed by atoms with Gasteiger partial charge in [-0.25, -0.2) is 4.79 Å². The lowest BCUT2D eigenvalue weighted by Gasteiger charge is -2.17. The minimum Gasteiger partial charge on any atom is -0.481 e. The average Bonchev–Trinajstić information content (AvgIpc) is 3.13. The highest BCUT2D eigenvalue weighted by Crippen LogP contribution is 2.44. The Kier molecular flexibility index (Phi) is 8.83. The molecule has 0 atom stereocenters. The molecule has 0 heterocycles. The Morgan fingerprint density at radius 1 is 1.00 bits per heavy atom. The predicted molar refractivity (Wildman–Crippen MR) is 123 cm³/mol. The molecule has 3 rings (SSSR count). The number of likely N-dealkylation sites (N-methyl/N-ethyl adjacent to an activating group) is 1. The van der Waals surface area contributed by atoms with Crippen LogP contribution in [-0.4, -0.2) is 67.9 Å². The fraction of sp³-hybridized carbons (Fsp3) is 0.400. The molecule has 8 nitrogen and oxygen atoms in total. The van der Waals surface area contributed by atoms with Crippen molar-refractivity contribution < 1.29 is 29.0 Å². The van der Waals surface area contributed by atoms with Crippen LogP contribution in [0.25, 0.3) is 11.1 Å². The smallest absolute Gasteiger partial charge is 0.407 e. The normalized spacial score (nSPS) is 12.0. The first kappa shape index (κ1) is 24.3. The van der Waals surface area contributed by atoms with Gasteiger partial charge in [0, 0.05) is 32.5 Å². The Morgan fingerprint density at radius 2 is 1.64 bits per heavy atom. The number of nitrogens with zero attached hydrogens (tertiary/aromatic N) is 1. The number of aliphatic carboxylic acids is 1. The molecule has 2 aromatic rings. The topological polar surface area (TPSA) is 105 Å². The van der Waals surface area contributed by atoms with E-state index in [4.69, 9.17) is 14.6 Å². The highest BCUT2D eigenvalue weighted by molar-refractivity contribution is 5.79. The van der Waals surface area contributed by atoms with E-state index >= 15 is 0 Å². The summed E-state index contributed by atoms with van der Waals surface area (Å²) in [5, 5.41) is 11.3. The highest BCUT2D eigenvalue weighted by Gasteiger charge is 2.28. The van der Waals surface area contributed by atoms with Crippen molar-refractivity contribution >= 4 is 18.0 Å². The maximum Gasteiger partial charge on any atom is 0.407 e. The molecule has 2 amide bonds. The van der Waals surface area contributed by atoms with Gasteiger partial charge in [0.1, 0.15) is 13.2 Å². The molecule has 0 radical (unpaired) electrons.